The third kappa shape index (κ3) is 5.79. The number of hydrogen-bond acceptors (Lipinski definition) is 3. The molecule has 4 saturated carbocycles. The Morgan fingerprint density at radius 2 is 1.67 bits per heavy atom. The molecular weight excluding hydrogens is 446 g/mol. The summed E-state index contributed by atoms with van der Waals surface area (Å²) in [5.74, 6) is 6.34. The van der Waals surface area contributed by atoms with Crippen LogP contribution in [0.25, 0.3) is 0 Å². The van der Waals surface area contributed by atoms with Crippen LogP contribution < -0.4 is 5.32 Å². The van der Waals surface area contributed by atoms with Gasteiger partial charge in [-0.1, -0.05) is 53.9 Å². The molecule has 0 unspecified atom stereocenters. The van der Waals surface area contributed by atoms with Crippen molar-refractivity contribution in [2.24, 2.45) is 52.3 Å². The maximum Gasteiger partial charge on any atom is 0.407 e. The van der Waals surface area contributed by atoms with Crippen LogP contribution in [-0.2, 0) is 9.47 Å². The SMILES string of the molecule is CCNC(=O)OCCO[C@H]1CC[C@@]2(C)[C@H](CC[C@@H]3[C@@H]2CC[C@]2(C)[C@@H]([C@@H](C)CCCC(C)C)CC[C@@H]32)C1. The minimum Gasteiger partial charge on any atom is -0.447 e. The fourth-order valence-corrected chi connectivity index (χ4v) is 9.94. The van der Waals surface area contributed by atoms with Crippen molar-refractivity contribution in [2.75, 3.05) is 19.8 Å². The van der Waals surface area contributed by atoms with Gasteiger partial charge in [-0.25, -0.2) is 4.79 Å². The van der Waals surface area contributed by atoms with E-state index < -0.39 is 0 Å². The monoisotopic (exact) mass is 503 g/mol. The molecule has 0 heterocycles. The lowest BCUT2D eigenvalue weighted by Crippen LogP contribution is -2.54. The number of carbonyl (C=O) groups is 1. The van der Waals surface area contributed by atoms with Gasteiger partial charge in [0.05, 0.1) is 12.7 Å². The Bertz CT molecular complexity index is 724. The van der Waals surface area contributed by atoms with Crippen LogP contribution in [0, 0.1) is 52.3 Å². The summed E-state index contributed by atoms with van der Waals surface area (Å²) in [5.41, 5.74) is 1.09. The van der Waals surface area contributed by atoms with Crippen LogP contribution in [-0.4, -0.2) is 32.0 Å². The molecule has 0 bridgehead atoms. The standard InChI is InChI=1S/C32H57NO3/c1-7-33-30(34)36-20-19-35-25-15-17-31(5)24(21-25)11-12-26-28-14-13-27(23(4)10-8-9-22(2)3)32(28,6)18-16-29(26)31/h22-29H,7-21H2,1-6H3,(H,33,34)/t23-,24+,25-,26-,27+,28-,29-,31-,32+/m0/s1. The zero-order valence-electron chi connectivity index (χ0n) is 24.5. The molecule has 0 saturated heterocycles. The molecule has 4 heteroatoms. The van der Waals surface area contributed by atoms with Gasteiger partial charge in [-0.05, 0) is 117 Å². The normalized spacial score (nSPS) is 40.8. The summed E-state index contributed by atoms with van der Waals surface area (Å²) in [4.78, 5) is 11.5. The molecule has 4 rings (SSSR count). The van der Waals surface area contributed by atoms with E-state index in [0.29, 0.717) is 36.7 Å². The summed E-state index contributed by atoms with van der Waals surface area (Å²) < 4.78 is 11.4. The molecule has 0 spiro atoms. The van der Waals surface area contributed by atoms with E-state index in [0.717, 1.165) is 41.4 Å². The molecule has 208 valence electrons. The van der Waals surface area contributed by atoms with Crippen LogP contribution >= 0.6 is 0 Å². The van der Waals surface area contributed by atoms with E-state index in [9.17, 15) is 4.79 Å². The minimum atomic E-state index is -0.334. The highest BCUT2D eigenvalue weighted by atomic mass is 16.6. The third-order valence-corrected chi connectivity index (χ3v) is 11.8. The molecule has 0 aliphatic heterocycles. The van der Waals surface area contributed by atoms with E-state index in [1.165, 1.54) is 77.0 Å². The van der Waals surface area contributed by atoms with Crippen molar-refractivity contribution < 1.29 is 14.3 Å². The molecule has 0 aromatic rings. The number of nitrogens with one attached hydrogen (secondary N) is 1. The molecule has 1 amide bonds. The first-order valence-electron chi connectivity index (χ1n) is 15.7. The van der Waals surface area contributed by atoms with Gasteiger partial charge in [-0.15, -0.1) is 0 Å². The average Bonchev–Trinajstić information content (AvgIpc) is 3.19. The summed E-state index contributed by atoms with van der Waals surface area (Å²) in [6, 6.07) is 0. The fourth-order valence-electron chi connectivity index (χ4n) is 9.94. The molecule has 4 nitrogen and oxygen atoms in total. The van der Waals surface area contributed by atoms with Gasteiger partial charge in [0.15, 0.2) is 0 Å². The van der Waals surface area contributed by atoms with Crippen LogP contribution in [0.3, 0.4) is 0 Å². The molecule has 0 radical (unpaired) electrons. The first-order chi connectivity index (χ1) is 17.2. The Morgan fingerprint density at radius 3 is 2.42 bits per heavy atom. The van der Waals surface area contributed by atoms with E-state index in [2.05, 4.69) is 39.9 Å². The summed E-state index contributed by atoms with van der Waals surface area (Å²) >= 11 is 0. The molecule has 0 aromatic heterocycles. The van der Waals surface area contributed by atoms with Gasteiger partial charge in [0.25, 0.3) is 0 Å². The van der Waals surface area contributed by atoms with Crippen LogP contribution in [0.5, 0.6) is 0 Å². The Kier molecular flexibility index (Phi) is 9.38. The summed E-state index contributed by atoms with van der Waals surface area (Å²) in [5, 5.41) is 2.68. The van der Waals surface area contributed by atoms with Crippen LogP contribution in [0.2, 0.25) is 0 Å². The first-order valence-corrected chi connectivity index (χ1v) is 15.7. The van der Waals surface area contributed by atoms with Crippen molar-refractivity contribution in [3.8, 4) is 0 Å². The van der Waals surface area contributed by atoms with Crippen molar-refractivity contribution >= 4 is 6.09 Å². The zero-order valence-corrected chi connectivity index (χ0v) is 24.5. The Morgan fingerprint density at radius 1 is 0.917 bits per heavy atom. The summed E-state index contributed by atoms with van der Waals surface area (Å²) in [6.07, 6.45) is 16.7. The molecule has 1 N–H and O–H groups in total. The highest BCUT2D eigenvalue weighted by molar-refractivity contribution is 5.66. The van der Waals surface area contributed by atoms with Crippen molar-refractivity contribution in [1.82, 2.24) is 5.32 Å². The van der Waals surface area contributed by atoms with Crippen molar-refractivity contribution in [1.29, 1.82) is 0 Å². The van der Waals surface area contributed by atoms with Gasteiger partial charge in [0, 0.05) is 6.54 Å². The number of hydrogen-bond donors (Lipinski definition) is 1. The van der Waals surface area contributed by atoms with Crippen LogP contribution in [0.1, 0.15) is 119 Å². The van der Waals surface area contributed by atoms with Crippen LogP contribution in [0.15, 0.2) is 0 Å². The van der Waals surface area contributed by atoms with E-state index >= 15 is 0 Å². The fraction of sp³-hybridized carbons (Fsp3) is 0.969. The molecule has 4 fully saturated rings. The van der Waals surface area contributed by atoms with Gasteiger partial charge >= 0.3 is 6.09 Å². The van der Waals surface area contributed by atoms with Crippen molar-refractivity contribution in [3.63, 3.8) is 0 Å². The number of fused-ring (bicyclic) bond motifs is 5. The first kappa shape index (κ1) is 28.2. The maximum atomic E-state index is 11.5. The minimum absolute atomic E-state index is 0.334. The maximum absolute atomic E-state index is 11.5. The van der Waals surface area contributed by atoms with E-state index in [1.807, 2.05) is 6.92 Å². The Balaban J connectivity index is 1.31. The average molecular weight is 504 g/mol. The highest BCUT2D eigenvalue weighted by Gasteiger charge is 2.60. The number of carbonyl (C=O) groups excluding carboxylic acids is 1. The lowest BCUT2D eigenvalue weighted by molar-refractivity contribution is -0.138. The lowest BCUT2D eigenvalue weighted by Gasteiger charge is -2.61. The van der Waals surface area contributed by atoms with Crippen LogP contribution in [0.4, 0.5) is 4.79 Å². The van der Waals surface area contributed by atoms with E-state index in [1.54, 1.807) is 0 Å². The Labute approximate surface area is 222 Å². The summed E-state index contributed by atoms with van der Waals surface area (Å²) in [7, 11) is 0. The van der Waals surface area contributed by atoms with Gasteiger partial charge in [0.2, 0.25) is 0 Å². The van der Waals surface area contributed by atoms with Gasteiger partial charge < -0.3 is 14.8 Å². The smallest absolute Gasteiger partial charge is 0.407 e. The largest absolute Gasteiger partial charge is 0.447 e. The quantitative estimate of drug-likeness (QED) is 0.305. The van der Waals surface area contributed by atoms with Crippen molar-refractivity contribution in [2.45, 2.75) is 125 Å². The number of amides is 1. The molecular formula is C32H57NO3. The van der Waals surface area contributed by atoms with Crippen molar-refractivity contribution in [3.05, 3.63) is 0 Å². The predicted molar refractivity (Wildman–Crippen MR) is 148 cm³/mol. The van der Waals surface area contributed by atoms with Gasteiger partial charge in [-0.2, -0.15) is 0 Å². The second-order valence-corrected chi connectivity index (χ2v) is 14.1. The molecule has 4 aliphatic carbocycles. The lowest BCUT2D eigenvalue weighted by atomic mass is 9.44. The van der Waals surface area contributed by atoms with Gasteiger partial charge in [-0.3, -0.25) is 0 Å². The number of ether oxygens (including phenoxy) is 2. The third-order valence-electron chi connectivity index (χ3n) is 11.8. The second-order valence-electron chi connectivity index (χ2n) is 14.1. The second kappa shape index (κ2) is 12.0. The molecule has 9 atom stereocenters. The zero-order chi connectivity index (χ0) is 25.9. The van der Waals surface area contributed by atoms with E-state index in [4.69, 9.17) is 9.47 Å². The topological polar surface area (TPSA) is 47.6 Å². The van der Waals surface area contributed by atoms with E-state index in [-0.39, 0.29) is 6.09 Å². The molecule has 4 aliphatic rings. The number of rotatable bonds is 10. The summed E-state index contributed by atoms with van der Waals surface area (Å²) in [6.45, 7) is 16.1. The number of alkyl carbamates (subject to hydrolysis) is 1. The predicted octanol–water partition coefficient (Wildman–Crippen LogP) is 8.24. The Hall–Kier alpha value is -0.770. The molecule has 36 heavy (non-hydrogen) atoms. The van der Waals surface area contributed by atoms with Gasteiger partial charge in [0.1, 0.15) is 6.61 Å². The molecule has 0 aromatic carbocycles. The highest BCUT2D eigenvalue weighted by Crippen LogP contribution is 2.68.